The standard InChI is InChI=1S/C21H29BO5/c1-12-14-9-16(12)21(5)17(10-14)26-22(27-21)11-13-7-6-8-15(18(13)23)19(24)25-20(2,3)4/h6-8,12,14,16-17,23H,9-11H2,1-5H3/t12?,14-,16-,17?,21-/m0/s1. The number of rotatable bonds is 3. The van der Waals surface area contributed by atoms with Crippen LogP contribution in [-0.4, -0.2) is 35.5 Å². The number of hydrogen-bond acceptors (Lipinski definition) is 5. The summed E-state index contributed by atoms with van der Waals surface area (Å²) in [7, 11) is -0.397. The summed E-state index contributed by atoms with van der Waals surface area (Å²) in [6.45, 7) is 9.90. The van der Waals surface area contributed by atoms with Gasteiger partial charge in [-0.05, 0) is 69.9 Å². The van der Waals surface area contributed by atoms with Crippen LogP contribution in [0.3, 0.4) is 0 Å². The van der Waals surface area contributed by atoms with Crippen LogP contribution in [0, 0.1) is 17.8 Å². The van der Waals surface area contributed by atoms with Gasteiger partial charge in [0.15, 0.2) is 0 Å². The molecule has 6 heteroatoms. The number of carbonyl (C=O) groups is 1. The minimum atomic E-state index is -0.612. The van der Waals surface area contributed by atoms with E-state index in [2.05, 4.69) is 13.8 Å². The van der Waals surface area contributed by atoms with Crippen molar-refractivity contribution in [2.24, 2.45) is 17.8 Å². The Hall–Kier alpha value is -1.53. The highest BCUT2D eigenvalue weighted by Gasteiger charge is 2.63. The lowest BCUT2D eigenvalue weighted by atomic mass is 9.51. The number of benzene rings is 1. The number of aromatic hydroxyl groups is 1. The van der Waals surface area contributed by atoms with E-state index in [-0.39, 0.29) is 23.0 Å². The minimum absolute atomic E-state index is 0.0448. The second-order valence-electron chi connectivity index (χ2n) is 9.57. The lowest BCUT2D eigenvalue weighted by molar-refractivity contribution is -0.151. The van der Waals surface area contributed by atoms with Gasteiger partial charge in [-0.2, -0.15) is 0 Å². The summed E-state index contributed by atoms with van der Waals surface area (Å²) in [5, 5.41) is 10.6. The Balaban J connectivity index is 1.49. The number of para-hydroxylation sites is 1. The molecule has 2 unspecified atom stereocenters. The van der Waals surface area contributed by atoms with Crippen LogP contribution >= 0.6 is 0 Å². The predicted molar refractivity (Wildman–Crippen MR) is 102 cm³/mol. The van der Waals surface area contributed by atoms with Crippen molar-refractivity contribution in [3.05, 3.63) is 29.3 Å². The fourth-order valence-corrected chi connectivity index (χ4v) is 5.07. The molecule has 2 bridgehead atoms. The maximum absolute atomic E-state index is 12.4. The zero-order valence-electron chi connectivity index (χ0n) is 16.8. The summed E-state index contributed by atoms with van der Waals surface area (Å²) in [4.78, 5) is 12.4. The van der Waals surface area contributed by atoms with Crippen LogP contribution in [0.4, 0.5) is 0 Å². The van der Waals surface area contributed by atoms with E-state index in [1.807, 2.05) is 6.07 Å². The van der Waals surface area contributed by atoms with Crippen molar-refractivity contribution in [1.82, 2.24) is 0 Å². The first-order valence-electron chi connectivity index (χ1n) is 9.96. The van der Waals surface area contributed by atoms with E-state index in [1.165, 1.54) is 6.42 Å². The Morgan fingerprint density at radius 1 is 1.37 bits per heavy atom. The molecule has 3 saturated carbocycles. The van der Waals surface area contributed by atoms with E-state index in [4.69, 9.17) is 14.0 Å². The fraction of sp³-hybridized carbons (Fsp3) is 0.667. The smallest absolute Gasteiger partial charge is 0.462 e. The first kappa shape index (κ1) is 18.8. The van der Waals surface area contributed by atoms with Crippen molar-refractivity contribution >= 4 is 13.1 Å². The number of esters is 1. The van der Waals surface area contributed by atoms with Gasteiger partial charge in [-0.15, -0.1) is 0 Å². The summed E-state index contributed by atoms with van der Waals surface area (Å²) in [6, 6.07) is 5.15. The van der Waals surface area contributed by atoms with E-state index >= 15 is 0 Å². The quantitative estimate of drug-likeness (QED) is 0.646. The van der Waals surface area contributed by atoms with Crippen LogP contribution in [0.1, 0.15) is 63.4 Å². The topological polar surface area (TPSA) is 65.0 Å². The molecule has 1 saturated heterocycles. The molecule has 27 heavy (non-hydrogen) atoms. The molecular weight excluding hydrogens is 343 g/mol. The molecule has 146 valence electrons. The average Bonchev–Trinajstić information content (AvgIpc) is 2.90. The molecule has 1 heterocycles. The third-order valence-corrected chi connectivity index (χ3v) is 6.65. The highest BCUT2D eigenvalue weighted by atomic mass is 16.7. The van der Waals surface area contributed by atoms with Crippen molar-refractivity contribution in [2.45, 2.75) is 71.1 Å². The van der Waals surface area contributed by atoms with Gasteiger partial charge in [-0.3, -0.25) is 0 Å². The molecule has 5 atom stereocenters. The second kappa shape index (κ2) is 6.24. The van der Waals surface area contributed by atoms with Gasteiger partial charge >= 0.3 is 13.1 Å². The Kier molecular flexibility index (Phi) is 4.35. The molecular formula is C21H29BO5. The Labute approximate surface area is 161 Å². The van der Waals surface area contributed by atoms with Gasteiger partial charge in [0.1, 0.15) is 16.9 Å². The van der Waals surface area contributed by atoms with E-state index in [1.54, 1.807) is 32.9 Å². The summed E-state index contributed by atoms with van der Waals surface area (Å²) >= 11 is 0. The second-order valence-corrected chi connectivity index (χ2v) is 9.57. The molecule has 1 N–H and O–H groups in total. The number of carbonyl (C=O) groups excluding carboxylic acids is 1. The zero-order valence-corrected chi connectivity index (χ0v) is 16.8. The van der Waals surface area contributed by atoms with Crippen LogP contribution in [0.2, 0.25) is 0 Å². The van der Waals surface area contributed by atoms with E-state index in [9.17, 15) is 9.90 Å². The molecule has 3 aliphatic carbocycles. The van der Waals surface area contributed by atoms with Crippen LogP contribution < -0.4 is 0 Å². The monoisotopic (exact) mass is 372 g/mol. The van der Waals surface area contributed by atoms with Gasteiger partial charge in [0.05, 0.1) is 11.7 Å². The maximum atomic E-state index is 12.4. The van der Waals surface area contributed by atoms with Gasteiger partial charge in [-0.1, -0.05) is 19.1 Å². The van der Waals surface area contributed by atoms with Crippen LogP contribution in [0.15, 0.2) is 18.2 Å². The molecule has 1 aliphatic heterocycles. The fourth-order valence-electron chi connectivity index (χ4n) is 5.07. The third kappa shape index (κ3) is 3.17. The van der Waals surface area contributed by atoms with Crippen molar-refractivity contribution in [2.75, 3.05) is 0 Å². The molecule has 4 aliphatic rings. The normalized spacial score (nSPS) is 34.8. The van der Waals surface area contributed by atoms with Gasteiger partial charge in [0.2, 0.25) is 0 Å². The van der Waals surface area contributed by atoms with E-state index in [0.717, 1.165) is 12.3 Å². The predicted octanol–water partition coefficient (Wildman–Crippen LogP) is 3.77. The highest BCUT2D eigenvalue weighted by Crippen LogP contribution is 2.59. The van der Waals surface area contributed by atoms with Gasteiger partial charge in [0.25, 0.3) is 0 Å². The molecule has 0 aromatic heterocycles. The number of ether oxygens (including phenoxy) is 1. The Morgan fingerprint density at radius 2 is 2.11 bits per heavy atom. The molecule has 1 aromatic rings. The molecule has 1 aromatic carbocycles. The van der Waals surface area contributed by atoms with Gasteiger partial charge in [0, 0.05) is 6.32 Å². The summed E-state index contributed by atoms with van der Waals surface area (Å²) < 4.78 is 18.0. The molecule has 4 fully saturated rings. The van der Waals surface area contributed by atoms with Crippen LogP contribution in [0.25, 0.3) is 0 Å². The van der Waals surface area contributed by atoms with Gasteiger partial charge in [-0.25, -0.2) is 4.79 Å². The van der Waals surface area contributed by atoms with E-state index in [0.29, 0.717) is 23.7 Å². The zero-order chi connectivity index (χ0) is 19.6. The minimum Gasteiger partial charge on any atom is -0.507 e. The number of phenols is 1. The number of hydrogen-bond donors (Lipinski definition) is 1. The highest BCUT2D eigenvalue weighted by molar-refractivity contribution is 6.45. The van der Waals surface area contributed by atoms with E-state index < -0.39 is 18.7 Å². The molecule has 5 nitrogen and oxygen atoms in total. The van der Waals surface area contributed by atoms with Crippen molar-refractivity contribution in [1.29, 1.82) is 0 Å². The van der Waals surface area contributed by atoms with Gasteiger partial charge < -0.3 is 19.2 Å². The summed E-state index contributed by atoms with van der Waals surface area (Å²) in [5.41, 5.74) is -0.0260. The van der Waals surface area contributed by atoms with Crippen molar-refractivity contribution in [3.8, 4) is 5.75 Å². The van der Waals surface area contributed by atoms with Crippen molar-refractivity contribution < 1.29 is 23.9 Å². The summed E-state index contributed by atoms with van der Waals surface area (Å²) in [6.07, 6.45) is 2.82. The molecule has 5 rings (SSSR count). The Morgan fingerprint density at radius 3 is 2.78 bits per heavy atom. The molecule has 0 amide bonds. The molecule has 0 radical (unpaired) electrons. The first-order valence-corrected chi connectivity index (χ1v) is 9.96. The van der Waals surface area contributed by atoms with Crippen LogP contribution in [0.5, 0.6) is 5.75 Å². The van der Waals surface area contributed by atoms with Crippen LogP contribution in [-0.2, 0) is 20.4 Å². The summed E-state index contributed by atoms with van der Waals surface area (Å²) in [5.74, 6) is 1.42. The van der Waals surface area contributed by atoms with Crippen molar-refractivity contribution in [3.63, 3.8) is 0 Å². The molecule has 0 spiro atoms. The maximum Gasteiger partial charge on any atom is 0.462 e. The lowest BCUT2D eigenvalue weighted by Crippen LogP contribution is -2.60. The SMILES string of the molecule is CC1[C@@H]2CC3OB(Cc4cccc(C(=O)OC(C)(C)C)c4O)O[C@@]3(C)[C@H]1C2. The number of phenolic OH excluding ortho intramolecular Hbond substituents is 1. The Bertz CT molecular complexity index is 757. The first-order chi connectivity index (χ1) is 12.6. The largest absolute Gasteiger partial charge is 0.507 e. The third-order valence-electron chi connectivity index (χ3n) is 6.65. The average molecular weight is 372 g/mol. The lowest BCUT2D eigenvalue weighted by Gasteiger charge is -2.58.